The van der Waals surface area contributed by atoms with E-state index in [0.29, 0.717) is 27.8 Å². The number of pyridine rings is 1. The third kappa shape index (κ3) is 3.37. The highest BCUT2D eigenvalue weighted by Crippen LogP contribution is 2.24. The number of aromatic nitrogens is 7. The van der Waals surface area contributed by atoms with Gasteiger partial charge in [-0.1, -0.05) is 5.21 Å². The smallest absolute Gasteiger partial charge is 0.277 e. The minimum Gasteiger partial charge on any atom is -0.296 e. The number of nitriles is 1. The number of nitrogens with zero attached hydrogens (tertiary/aromatic N) is 8. The van der Waals surface area contributed by atoms with Crippen molar-refractivity contribution in [2.75, 3.05) is 5.32 Å². The molecule has 0 bridgehead atoms. The molecule has 1 amide bonds. The summed E-state index contributed by atoms with van der Waals surface area (Å²) in [5.41, 5.74) is 2.33. The van der Waals surface area contributed by atoms with E-state index in [1.807, 2.05) is 0 Å². The molecule has 0 spiro atoms. The minimum atomic E-state index is -0.427. The average molecular weight is 375 g/mol. The van der Waals surface area contributed by atoms with E-state index in [1.54, 1.807) is 17.5 Å². The molecule has 4 aromatic rings. The standard InChI is InChI=1S/C16H9N9OS/c17-4-10-1-2-20-12(3-10)13-8-27-16(22-13)23-15(26)14-7-21-24-25(14)11-5-18-9-19-6-11/h1-3,5-9H,(H,22,23,26). The Labute approximate surface area is 156 Å². The van der Waals surface area contributed by atoms with Crippen LogP contribution in [-0.2, 0) is 0 Å². The monoisotopic (exact) mass is 375 g/mol. The van der Waals surface area contributed by atoms with Crippen LogP contribution >= 0.6 is 11.3 Å². The van der Waals surface area contributed by atoms with Crippen LogP contribution in [0.3, 0.4) is 0 Å². The second kappa shape index (κ2) is 7.06. The Kier molecular flexibility index (Phi) is 4.30. The maximum Gasteiger partial charge on any atom is 0.277 e. The van der Waals surface area contributed by atoms with E-state index in [9.17, 15) is 4.79 Å². The first-order chi connectivity index (χ1) is 13.2. The molecule has 0 saturated carbocycles. The number of hydrogen-bond donors (Lipinski definition) is 1. The van der Waals surface area contributed by atoms with Gasteiger partial charge in [-0.2, -0.15) is 5.26 Å². The molecule has 0 aliphatic rings. The number of anilines is 1. The number of hydrogen-bond acceptors (Lipinski definition) is 9. The summed E-state index contributed by atoms with van der Waals surface area (Å²) < 4.78 is 1.34. The van der Waals surface area contributed by atoms with Gasteiger partial charge >= 0.3 is 0 Å². The van der Waals surface area contributed by atoms with Gasteiger partial charge in [0.15, 0.2) is 10.8 Å². The van der Waals surface area contributed by atoms with Crippen LogP contribution in [0.4, 0.5) is 5.13 Å². The second-order valence-corrected chi connectivity index (χ2v) is 6.02. The highest BCUT2D eigenvalue weighted by Gasteiger charge is 2.17. The number of thiazole rings is 1. The molecule has 1 N–H and O–H groups in total. The predicted molar refractivity (Wildman–Crippen MR) is 95.0 cm³/mol. The topological polar surface area (TPSA) is 135 Å². The molecule has 11 heteroatoms. The van der Waals surface area contributed by atoms with Crippen LogP contribution in [0, 0.1) is 11.3 Å². The van der Waals surface area contributed by atoms with Gasteiger partial charge in [-0.15, -0.1) is 16.4 Å². The van der Waals surface area contributed by atoms with E-state index in [-0.39, 0.29) is 5.69 Å². The Morgan fingerprint density at radius 3 is 2.89 bits per heavy atom. The minimum absolute atomic E-state index is 0.214. The quantitative estimate of drug-likeness (QED) is 0.569. The summed E-state index contributed by atoms with van der Waals surface area (Å²) in [5, 5.41) is 21.5. The molecule has 4 rings (SSSR count). The van der Waals surface area contributed by atoms with Crippen molar-refractivity contribution in [1.29, 1.82) is 5.26 Å². The third-order valence-corrected chi connectivity index (χ3v) is 4.21. The van der Waals surface area contributed by atoms with E-state index >= 15 is 0 Å². The highest BCUT2D eigenvalue weighted by atomic mass is 32.1. The molecule has 0 unspecified atom stereocenters. The van der Waals surface area contributed by atoms with Crippen LogP contribution in [0.5, 0.6) is 0 Å². The van der Waals surface area contributed by atoms with E-state index in [4.69, 9.17) is 5.26 Å². The zero-order valence-corrected chi connectivity index (χ0v) is 14.3. The van der Waals surface area contributed by atoms with Gasteiger partial charge in [0, 0.05) is 11.6 Å². The van der Waals surface area contributed by atoms with Crippen LogP contribution in [0.15, 0.2) is 48.6 Å². The fourth-order valence-corrected chi connectivity index (χ4v) is 2.93. The lowest BCUT2D eigenvalue weighted by Gasteiger charge is -2.04. The largest absolute Gasteiger partial charge is 0.296 e. The Hall–Kier alpha value is -4.04. The SMILES string of the molecule is N#Cc1ccnc(-c2csc(NC(=O)c3cnnn3-c3cncnc3)n2)c1. The van der Waals surface area contributed by atoms with Crippen molar-refractivity contribution < 1.29 is 4.79 Å². The molecule has 4 aromatic heterocycles. The van der Waals surface area contributed by atoms with E-state index in [1.165, 1.54) is 47.1 Å². The first-order valence-corrected chi connectivity index (χ1v) is 8.42. The summed E-state index contributed by atoms with van der Waals surface area (Å²) in [6.07, 6.45) is 7.31. The fourth-order valence-electron chi connectivity index (χ4n) is 2.23. The van der Waals surface area contributed by atoms with Crippen LogP contribution in [0.25, 0.3) is 17.1 Å². The first kappa shape index (κ1) is 16.4. The van der Waals surface area contributed by atoms with Crippen molar-refractivity contribution in [3.05, 3.63) is 59.9 Å². The number of carbonyl (C=O) groups is 1. The number of rotatable bonds is 4. The fraction of sp³-hybridized carbons (Fsp3) is 0. The molecular formula is C16H9N9OS. The van der Waals surface area contributed by atoms with Gasteiger partial charge in [-0.05, 0) is 12.1 Å². The van der Waals surface area contributed by atoms with Gasteiger partial charge in [-0.3, -0.25) is 15.1 Å². The normalized spacial score (nSPS) is 10.3. The Balaban J connectivity index is 1.56. The molecular weight excluding hydrogens is 366 g/mol. The first-order valence-electron chi connectivity index (χ1n) is 7.54. The Morgan fingerprint density at radius 1 is 1.22 bits per heavy atom. The molecule has 0 fully saturated rings. The molecule has 0 aliphatic heterocycles. The average Bonchev–Trinajstić information content (AvgIpc) is 3.38. The van der Waals surface area contributed by atoms with Gasteiger partial charge in [0.1, 0.15) is 17.7 Å². The zero-order valence-electron chi connectivity index (χ0n) is 13.5. The lowest BCUT2D eigenvalue weighted by Crippen LogP contribution is -2.17. The molecule has 0 radical (unpaired) electrons. The summed E-state index contributed by atoms with van der Waals surface area (Å²) in [5.74, 6) is -0.427. The molecule has 0 aromatic carbocycles. The maximum absolute atomic E-state index is 12.6. The predicted octanol–water partition coefficient (Wildman–Crippen LogP) is 1.70. The molecule has 130 valence electrons. The Bertz CT molecular complexity index is 1150. The zero-order chi connectivity index (χ0) is 18.6. The van der Waals surface area contributed by atoms with Crippen molar-refractivity contribution in [2.45, 2.75) is 0 Å². The Morgan fingerprint density at radius 2 is 2.07 bits per heavy atom. The summed E-state index contributed by atoms with van der Waals surface area (Å²) in [6, 6.07) is 5.30. The van der Waals surface area contributed by atoms with E-state index < -0.39 is 5.91 Å². The van der Waals surface area contributed by atoms with Gasteiger partial charge in [0.25, 0.3) is 5.91 Å². The summed E-state index contributed by atoms with van der Waals surface area (Å²) in [6.45, 7) is 0. The number of carbonyl (C=O) groups excluding carboxylic acids is 1. The maximum atomic E-state index is 12.6. The van der Waals surface area contributed by atoms with Crippen LogP contribution in [-0.4, -0.2) is 40.8 Å². The van der Waals surface area contributed by atoms with E-state index in [0.717, 1.165) is 0 Å². The van der Waals surface area contributed by atoms with Gasteiger partial charge in [-0.25, -0.2) is 19.6 Å². The van der Waals surface area contributed by atoms with Gasteiger partial charge in [0.05, 0.1) is 35.9 Å². The van der Waals surface area contributed by atoms with E-state index in [2.05, 4.69) is 41.6 Å². The van der Waals surface area contributed by atoms with Crippen LogP contribution in [0.1, 0.15) is 16.1 Å². The molecule has 0 atom stereocenters. The van der Waals surface area contributed by atoms with Crippen molar-refractivity contribution in [2.24, 2.45) is 0 Å². The lowest BCUT2D eigenvalue weighted by molar-refractivity contribution is 0.101. The third-order valence-electron chi connectivity index (χ3n) is 3.45. The molecule has 27 heavy (non-hydrogen) atoms. The summed E-state index contributed by atoms with van der Waals surface area (Å²) in [4.78, 5) is 28.9. The number of nitrogens with one attached hydrogen (secondary N) is 1. The summed E-state index contributed by atoms with van der Waals surface area (Å²) >= 11 is 1.24. The summed E-state index contributed by atoms with van der Waals surface area (Å²) in [7, 11) is 0. The van der Waals surface area contributed by atoms with Crippen molar-refractivity contribution >= 4 is 22.4 Å². The van der Waals surface area contributed by atoms with Crippen molar-refractivity contribution in [3.63, 3.8) is 0 Å². The highest BCUT2D eigenvalue weighted by molar-refractivity contribution is 7.14. The second-order valence-electron chi connectivity index (χ2n) is 5.16. The molecule has 0 saturated heterocycles. The van der Waals surface area contributed by atoms with Gasteiger partial charge < -0.3 is 0 Å². The van der Waals surface area contributed by atoms with Crippen LogP contribution in [0.2, 0.25) is 0 Å². The lowest BCUT2D eigenvalue weighted by atomic mass is 10.2. The molecule has 0 aliphatic carbocycles. The van der Waals surface area contributed by atoms with Gasteiger partial charge in [0.2, 0.25) is 0 Å². The van der Waals surface area contributed by atoms with Crippen LogP contribution < -0.4 is 5.32 Å². The molecule has 10 nitrogen and oxygen atoms in total. The molecule has 4 heterocycles. The van der Waals surface area contributed by atoms with Crippen molar-refractivity contribution in [3.8, 4) is 23.1 Å². The van der Waals surface area contributed by atoms with Crippen molar-refractivity contribution in [1.82, 2.24) is 34.9 Å². The number of amides is 1.